The third kappa shape index (κ3) is 1.17. The van der Waals surface area contributed by atoms with Crippen LogP contribution in [0.15, 0.2) is 11.8 Å². The molecule has 0 unspecified atom stereocenters. The molecule has 0 spiro atoms. The number of Topliss-reactive ketones (excluding diaryl/α,β-unsaturated/α-hetero) is 1. The van der Waals surface area contributed by atoms with Gasteiger partial charge in [-0.05, 0) is 6.92 Å². The SMILES string of the molecule is C[C@@H]1OC/C(=C/NN)C1=O. The molecule has 0 aromatic rings. The molecule has 0 amide bonds. The Labute approximate surface area is 59.0 Å². The topological polar surface area (TPSA) is 64.3 Å². The standard InChI is InChI=1S/C6H10N2O2/c1-4-6(9)5(2-8-7)3-10-4/h2,4,8H,3,7H2,1H3/b5-2-/t4-/m0/s1. The van der Waals surface area contributed by atoms with Gasteiger partial charge in [-0.3, -0.25) is 10.6 Å². The van der Waals surface area contributed by atoms with Gasteiger partial charge in [0.1, 0.15) is 6.10 Å². The van der Waals surface area contributed by atoms with Crippen LogP contribution in [0.3, 0.4) is 0 Å². The highest BCUT2D eigenvalue weighted by Crippen LogP contribution is 2.12. The fourth-order valence-electron chi connectivity index (χ4n) is 0.836. The third-order valence-corrected chi connectivity index (χ3v) is 1.43. The van der Waals surface area contributed by atoms with Gasteiger partial charge in [-0.15, -0.1) is 0 Å². The molecular formula is C6H10N2O2. The molecule has 1 aliphatic heterocycles. The quantitative estimate of drug-likeness (QED) is 0.289. The van der Waals surface area contributed by atoms with E-state index < -0.39 is 0 Å². The van der Waals surface area contributed by atoms with E-state index in [1.807, 2.05) is 0 Å². The highest BCUT2D eigenvalue weighted by molar-refractivity contribution is 6.00. The molecule has 0 aromatic carbocycles. The van der Waals surface area contributed by atoms with Crippen molar-refractivity contribution in [2.45, 2.75) is 13.0 Å². The maximum atomic E-state index is 11.0. The molecule has 0 bridgehead atoms. The lowest BCUT2D eigenvalue weighted by Crippen LogP contribution is -2.17. The summed E-state index contributed by atoms with van der Waals surface area (Å²) in [7, 11) is 0. The Morgan fingerprint density at radius 2 is 2.60 bits per heavy atom. The molecule has 1 saturated heterocycles. The van der Waals surface area contributed by atoms with E-state index in [0.717, 1.165) is 0 Å². The lowest BCUT2D eigenvalue weighted by molar-refractivity contribution is -0.119. The van der Waals surface area contributed by atoms with Crippen LogP contribution in [0.2, 0.25) is 0 Å². The Balaban J connectivity index is 2.66. The minimum atomic E-state index is -0.306. The van der Waals surface area contributed by atoms with E-state index in [-0.39, 0.29) is 11.9 Å². The summed E-state index contributed by atoms with van der Waals surface area (Å²) in [5.74, 6) is 4.99. The van der Waals surface area contributed by atoms with Crippen molar-refractivity contribution in [2.75, 3.05) is 6.61 Å². The van der Waals surface area contributed by atoms with Crippen LogP contribution < -0.4 is 11.3 Å². The van der Waals surface area contributed by atoms with Crippen LogP contribution in [0, 0.1) is 0 Å². The van der Waals surface area contributed by atoms with Crippen LogP contribution >= 0.6 is 0 Å². The summed E-state index contributed by atoms with van der Waals surface area (Å²) in [6, 6.07) is 0. The molecule has 4 nitrogen and oxygen atoms in total. The van der Waals surface area contributed by atoms with Gasteiger partial charge in [0.2, 0.25) is 0 Å². The molecule has 1 atom stereocenters. The Morgan fingerprint density at radius 3 is 3.00 bits per heavy atom. The number of nitrogens with one attached hydrogen (secondary N) is 1. The molecule has 0 aromatic heterocycles. The molecule has 1 rings (SSSR count). The number of carbonyl (C=O) groups excluding carboxylic acids is 1. The van der Waals surface area contributed by atoms with Crippen molar-refractivity contribution in [3.05, 3.63) is 11.8 Å². The largest absolute Gasteiger partial charge is 0.365 e. The highest BCUT2D eigenvalue weighted by Gasteiger charge is 2.25. The summed E-state index contributed by atoms with van der Waals surface area (Å²) < 4.78 is 5.02. The van der Waals surface area contributed by atoms with Gasteiger partial charge in [-0.25, -0.2) is 0 Å². The number of hydrogen-bond acceptors (Lipinski definition) is 4. The maximum absolute atomic E-state index is 11.0. The molecule has 56 valence electrons. The average Bonchev–Trinajstić information content (AvgIpc) is 2.20. The number of carbonyl (C=O) groups is 1. The number of ketones is 1. The van der Waals surface area contributed by atoms with E-state index >= 15 is 0 Å². The first-order chi connectivity index (χ1) is 4.75. The van der Waals surface area contributed by atoms with Crippen molar-refractivity contribution in [3.8, 4) is 0 Å². The van der Waals surface area contributed by atoms with Crippen LogP contribution in [-0.4, -0.2) is 18.5 Å². The molecule has 1 heterocycles. The van der Waals surface area contributed by atoms with E-state index in [1.54, 1.807) is 6.92 Å². The number of ether oxygens (including phenoxy) is 1. The normalized spacial score (nSPS) is 29.6. The monoisotopic (exact) mass is 142 g/mol. The minimum Gasteiger partial charge on any atom is -0.365 e. The number of nitrogens with two attached hydrogens (primary N) is 1. The van der Waals surface area contributed by atoms with Crippen LogP contribution in [0.5, 0.6) is 0 Å². The van der Waals surface area contributed by atoms with Gasteiger partial charge >= 0.3 is 0 Å². The van der Waals surface area contributed by atoms with Crippen molar-refractivity contribution in [1.29, 1.82) is 0 Å². The summed E-state index contributed by atoms with van der Waals surface area (Å²) in [5.41, 5.74) is 2.90. The zero-order valence-corrected chi connectivity index (χ0v) is 5.76. The Bertz CT molecular complexity index is 177. The summed E-state index contributed by atoms with van der Waals surface area (Å²) in [6.07, 6.45) is 1.16. The van der Waals surface area contributed by atoms with E-state index in [0.29, 0.717) is 12.2 Å². The molecule has 4 heteroatoms. The predicted octanol–water partition coefficient (Wildman–Crippen LogP) is -0.679. The molecule has 3 N–H and O–H groups in total. The number of hydrazine groups is 1. The molecular weight excluding hydrogens is 132 g/mol. The van der Waals surface area contributed by atoms with Gasteiger partial charge in [0.15, 0.2) is 5.78 Å². The summed E-state index contributed by atoms with van der Waals surface area (Å²) >= 11 is 0. The summed E-state index contributed by atoms with van der Waals surface area (Å²) in [4.78, 5) is 11.0. The lowest BCUT2D eigenvalue weighted by Gasteiger charge is -1.93. The van der Waals surface area contributed by atoms with Crippen LogP contribution in [0.25, 0.3) is 0 Å². The highest BCUT2D eigenvalue weighted by atomic mass is 16.5. The Kier molecular flexibility index (Phi) is 2.03. The van der Waals surface area contributed by atoms with Crippen LogP contribution in [0.4, 0.5) is 0 Å². The molecule has 0 radical (unpaired) electrons. The fourth-order valence-corrected chi connectivity index (χ4v) is 0.836. The second kappa shape index (κ2) is 2.81. The second-order valence-corrected chi connectivity index (χ2v) is 2.15. The molecule has 1 aliphatic rings. The van der Waals surface area contributed by atoms with Gasteiger partial charge in [0, 0.05) is 11.8 Å². The summed E-state index contributed by atoms with van der Waals surface area (Å²) in [5, 5.41) is 0. The first-order valence-corrected chi connectivity index (χ1v) is 3.06. The zero-order chi connectivity index (χ0) is 7.56. The van der Waals surface area contributed by atoms with Gasteiger partial charge in [0.25, 0.3) is 0 Å². The van der Waals surface area contributed by atoms with Crippen molar-refractivity contribution in [1.82, 2.24) is 5.43 Å². The van der Waals surface area contributed by atoms with E-state index in [1.165, 1.54) is 6.20 Å². The smallest absolute Gasteiger partial charge is 0.191 e. The Morgan fingerprint density at radius 1 is 1.90 bits per heavy atom. The van der Waals surface area contributed by atoms with Gasteiger partial charge < -0.3 is 10.2 Å². The fraction of sp³-hybridized carbons (Fsp3) is 0.500. The Hall–Kier alpha value is -0.870. The lowest BCUT2D eigenvalue weighted by atomic mass is 10.2. The number of hydrogen-bond donors (Lipinski definition) is 2. The first-order valence-electron chi connectivity index (χ1n) is 3.06. The van der Waals surface area contributed by atoms with Gasteiger partial charge in [-0.2, -0.15) is 0 Å². The van der Waals surface area contributed by atoms with E-state index in [4.69, 9.17) is 10.6 Å². The van der Waals surface area contributed by atoms with E-state index in [2.05, 4.69) is 5.43 Å². The minimum absolute atomic E-state index is 0.0120. The average molecular weight is 142 g/mol. The van der Waals surface area contributed by atoms with Crippen LogP contribution in [0.1, 0.15) is 6.92 Å². The van der Waals surface area contributed by atoms with Crippen molar-refractivity contribution in [2.24, 2.45) is 5.84 Å². The predicted molar refractivity (Wildman–Crippen MR) is 35.8 cm³/mol. The van der Waals surface area contributed by atoms with Gasteiger partial charge in [0.05, 0.1) is 6.61 Å². The number of rotatable bonds is 1. The zero-order valence-electron chi connectivity index (χ0n) is 5.76. The first kappa shape index (κ1) is 7.24. The van der Waals surface area contributed by atoms with Crippen molar-refractivity contribution < 1.29 is 9.53 Å². The third-order valence-electron chi connectivity index (χ3n) is 1.43. The molecule has 0 aliphatic carbocycles. The molecule has 1 fully saturated rings. The van der Waals surface area contributed by atoms with Crippen molar-refractivity contribution in [3.63, 3.8) is 0 Å². The van der Waals surface area contributed by atoms with Crippen molar-refractivity contribution >= 4 is 5.78 Å². The molecule has 10 heavy (non-hydrogen) atoms. The van der Waals surface area contributed by atoms with Gasteiger partial charge in [-0.1, -0.05) is 0 Å². The maximum Gasteiger partial charge on any atom is 0.191 e. The second-order valence-electron chi connectivity index (χ2n) is 2.15. The van der Waals surface area contributed by atoms with E-state index in [9.17, 15) is 4.79 Å². The molecule has 0 saturated carbocycles. The van der Waals surface area contributed by atoms with Crippen LogP contribution in [-0.2, 0) is 9.53 Å². The summed E-state index contributed by atoms with van der Waals surface area (Å²) in [6.45, 7) is 2.09.